The summed E-state index contributed by atoms with van der Waals surface area (Å²) in [7, 11) is 1.70. The third kappa shape index (κ3) is 12.1. The van der Waals surface area contributed by atoms with Crippen LogP contribution in [0, 0.1) is 46.3 Å². The van der Waals surface area contributed by atoms with Crippen molar-refractivity contribution < 1.29 is 133 Å². The summed E-state index contributed by atoms with van der Waals surface area (Å²) in [5, 5.41) is 160. The maximum atomic E-state index is 11.9. The van der Waals surface area contributed by atoms with Crippen LogP contribution in [0.1, 0.15) is 99.3 Å². The van der Waals surface area contributed by atoms with E-state index in [0.717, 1.165) is 32.1 Å². The SMILES string of the molecule is CO[C@]1(CC[C@@H](C)CO[C@H]2O[C@@H](CO)[C@H](O)[C@@H](O)[C@@H]2O)O[C@H]2C[C@H]3[C@@H]4CC=C5C[C@@H](O[C@@H]6O[C@H](CO)[C@@H](O)[C@H](O[C@@H]7O[C@@H](C)[C@H](O[C@@H]8O[C@H](CO)[C@@H](O)[C@H](O)[C@H]8O)[C@@H](O)[C@H]7O)[C@H]6O[C@@H]6O[C@@H](C)[C@H](O)[C@@H](O)[C@H]6O)CC[C@]5(C)[C@H]4CC[C@]3(C)[C@H]2[C@@H]1C. The fourth-order valence-corrected chi connectivity index (χ4v) is 16.8. The van der Waals surface area contributed by atoms with Gasteiger partial charge in [0.15, 0.2) is 37.2 Å². The largest absolute Gasteiger partial charge is 0.394 e. The third-order valence-electron chi connectivity index (χ3n) is 21.9. The molecule has 6 aliphatic heterocycles. The first-order valence-corrected chi connectivity index (χ1v) is 30.7. The molecule has 15 N–H and O–H groups in total. The molecule has 9 fully saturated rings. The lowest BCUT2D eigenvalue weighted by Gasteiger charge is -2.58. The van der Waals surface area contributed by atoms with Crippen LogP contribution in [0.4, 0.5) is 0 Å². The zero-order chi connectivity index (χ0) is 61.5. The van der Waals surface area contributed by atoms with Gasteiger partial charge in [-0.3, -0.25) is 0 Å². The molecule has 27 nitrogen and oxygen atoms in total. The van der Waals surface area contributed by atoms with Crippen molar-refractivity contribution in [2.75, 3.05) is 33.5 Å². The lowest BCUT2D eigenvalue weighted by Crippen LogP contribution is -2.67. The van der Waals surface area contributed by atoms with Crippen LogP contribution in [0.2, 0.25) is 0 Å². The molecular weight excluding hydrogens is 1130 g/mol. The van der Waals surface area contributed by atoms with Crippen molar-refractivity contribution in [2.24, 2.45) is 46.3 Å². The van der Waals surface area contributed by atoms with Gasteiger partial charge in [0.25, 0.3) is 0 Å². The molecule has 0 spiro atoms. The number of fused-ring (bicyclic) bond motifs is 7. The van der Waals surface area contributed by atoms with E-state index in [0.29, 0.717) is 43.4 Å². The summed E-state index contributed by atoms with van der Waals surface area (Å²) in [6.07, 6.45) is -30.3. The van der Waals surface area contributed by atoms with E-state index in [-0.39, 0.29) is 41.3 Å². The van der Waals surface area contributed by atoms with Crippen molar-refractivity contribution >= 4 is 0 Å². The summed E-state index contributed by atoms with van der Waals surface area (Å²) in [5.41, 5.74) is 1.03. The average molecular weight is 1230 g/mol. The Hall–Kier alpha value is -1.34. The fraction of sp³-hybridized carbons (Fsp3) is 0.966. The van der Waals surface area contributed by atoms with Gasteiger partial charge in [-0.05, 0) is 106 Å². The Kier molecular flexibility index (Phi) is 20.6. The van der Waals surface area contributed by atoms with Crippen molar-refractivity contribution in [1.82, 2.24) is 0 Å². The van der Waals surface area contributed by atoms with Crippen molar-refractivity contribution in [3.63, 3.8) is 0 Å². The van der Waals surface area contributed by atoms with Crippen molar-refractivity contribution in [1.29, 1.82) is 0 Å². The molecule has 0 amide bonds. The molecule has 36 atom stereocenters. The Bertz CT molecular complexity index is 2240. The van der Waals surface area contributed by atoms with Crippen LogP contribution < -0.4 is 0 Å². The molecule has 6 heterocycles. The van der Waals surface area contributed by atoms with Gasteiger partial charge in [0.1, 0.15) is 110 Å². The van der Waals surface area contributed by atoms with Crippen LogP contribution in [-0.2, 0) is 56.8 Å². The summed E-state index contributed by atoms with van der Waals surface area (Å²) in [5.74, 6) is 0.606. The molecule has 0 bridgehead atoms. The number of hydrogen-bond acceptors (Lipinski definition) is 27. The van der Waals surface area contributed by atoms with Gasteiger partial charge in [0, 0.05) is 19.4 Å². The highest BCUT2D eigenvalue weighted by atomic mass is 16.8. The third-order valence-corrected chi connectivity index (χ3v) is 21.9. The fourth-order valence-electron chi connectivity index (χ4n) is 16.8. The zero-order valence-corrected chi connectivity index (χ0v) is 49.4. The molecular formula is C58H96O27. The number of ether oxygens (including phenoxy) is 12. The molecule has 85 heavy (non-hydrogen) atoms. The number of rotatable bonds is 18. The zero-order valence-electron chi connectivity index (χ0n) is 49.4. The van der Waals surface area contributed by atoms with Crippen LogP contribution in [0.5, 0.6) is 0 Å². The van der Waals surface area contributed by atoms with Gasteiger partial charge in [-0.25, -0.2) is 0 Å². The van der Waals surface area contributed by atoms with Crippen molar-refractivity contribution in [2.45, 2.75) is 271 Å². The van der Waals surface area contributed by atoms with Gasteiger partial charge in [0.05, 0.1) is 50.8 Å². The minimum absolute atomic E-state index is 0.0134. The lowest BCUT2D eigenvalue weighted by molar-refractivity contribution is -0.398. The second-order valence-corrected chi connectivity index (χ2v) is 26.8. The molecule has 0 aromatic rings. The summed E-state index contributed by atoms with van der Waals surface area (Å²) < 4.78 is 73.9. The van der Waals surface area contributed by atoms with Crippen LogP contribution in [-0.4, -0.2) is 282 Å². The maximum absolute atomic E-state index is 11.9. The molecule has 6 saturated heterocycles. The molecule has 3 saturated carbocycles. The van der Waals surface area contributed by atoms with E-state index in [4.69, 9.17) is 56.8 Å². The summed E-state index contributed by atoms with van der Waals surface area (Å²) >= 11 is 0. The number of methoxy groups -OCH3 is 1. The van der Waals surface area contributed by atoms with E-state index >= 15 is 0 Å². The van der Waals surface area contributed by atoms with Crippen molar-refractivity contribution in [3.05, 3.63) is 11.6 Å². The molecule has 4 aliphatic carbocycles. The van der Waals surface area contributed by atoms with E-state index in [1.54, 1.807) is 7.11 Å². The molecule has 27 heteroatoms. The van der Waals surface area contributed by atoms with Gasteiger partial charge in [-0.1, -0.05) is 39.3 Å². The van der Waals surface area contributed by atoms with Crippen LogP contribution in [0.3, 0.4) is 0 Å². The molecule has 0 aromatic heterocycles. The standard InChI is InChI=1S/C58H96O27/c1-22(21-75-51-44(70)41(67)37(63)32(18-59)79-51)10-15-58(74-7)23(2)35-31(85-58)17-30-28-9-8-26-16-27(11-13-56(26,5)29(28)12-14-57(30,35)6)78-55-50(84-52-45(71)40(66)36(62)24(3)76-52)49(39(65)34(20-61)81-55)83-53-47(73)43(69)48(25(4)77-53)82-54-46(72)42(68)38(64)33(19-60)80-54/h8,22-25,27-55,59-73H,9-21H2,1-7H3/t22-,23+,24+,25+,27+,28-,29+,30+,31+,32+,33-,34-,35+,36+,37+,38-,39-,40-,41-,42+,43+,44+,45-,46-,47-,48+,49+,50-,51+,52+,53+,54+,55-,56+,57+,58-/m1/s1. The molecule has 10 aliphatic rings. The second kappa shape index (κ2) is 26.3. The normalized spacial score (nSPS) is 54.8. The van der Waals surface area contributed by atoms with E-state index in [2.05, 4.69) is 26.8 Å². The minimum atomic E-state index is -1.96. The van der Waals surface area contributed by atoms with Crippen molar-refractivity contribution in [3.8, 4) is 0 Å². The molecule has 10 rings (SSSR count). The predicted molar refractivity (Wildman–Crippen MR) is 286 cm³/mol. The second-order valence-electron chi connectivity index (χ2n) is 26.8. The van der Waals surface area contributed by atoms with Crippen LogP contribution in [0.15, 0.2) is 11.6 Å². The number of allylic oxidation sites excluding steroid dienone is 1. The highest BCUT2D eigenvalue weighted by molar-refractivity contribution is 5.26. The molecule has 490 valence electrons. The van der Waals surface area contributed by atoms with Gasteiger partial charge >= 0.3 is 0 Å². The molecule has 0 aromatic carbocycles. The number of aliphatic hydroxyl groups excluding tert-OH is 15. The summed E-state index contributed by atoms with van der Waals surface area (Å²) in [6.45, 7) is 10.1. The van der Waals surface area contributed by atoms with E-state index in [9.17, 15) is 76.6 Å². The van der Waals surface area contributed by atoms with E-state index in [1.165, 1.54) is 19.4 Å². The van der Waals surface area contributed by atoms with Crippen LogP contribution in [0.25, 0.3) is 0 Å². The number of hydrogen-bond donors (Lipinski definition) is 15. The number of aliphatic hydroxyl groups is 15. The summed E-state index contributed by atoms with van der Waals surface area (Å²) in [6, 6.07) is 0. The highest BCUT2D eigenvalue weighted by Crippen LogP contribution is 2.70. The minimum Gasteiger partial charge on any atom is -0.394 e. The summed E-state index contributed by atoms with van der Waals surface area (Å²) in [4.78, 5) is 0. The van der Waals surface area contributed by atoms with Gasteiger partial charge in [0.2, 0.25) is 0 Å². The van der Waals surface area contributed by atoms with Gasteiger partial charge in [-0.2, -0.15) is 0 Å². The maximum Gasteiger partial charge on any atom is 0.187 e. The van der Waals surface area contributed by atoms with Gasteiger partial charge in [-0.15, -0.1) is 0 Å². The molecule has 0 unspecified atom stereocenters. The topological polar surface area (TPSA) is 414 Å². The van der Waals surface area contributed by atoms with Crippen LogP contribution >= 0.6 is 0 Å². The Morgan fingerprint density at radius 2 is 1.11 bits per heavy atom. The van der Waals surface area contributed by atoms with E-state index in [1.807, 2.05) is 6.92 Å². The lowest BCUT2D eigenvalue weighted by atomic mass is 9.47. The van der Waals surface area contributed by atoms with E-state index < -0.39 is 185 Å². The Morgan fingerprint density at radius 3 is 1.74 bits per heavy atom. The van der Waals surface area contributed by atoms with Gasteiger partial charge < -0.3 is 133 Å². The Morgan fingerprint density at radius 1 is 0.565 bits per heavy atom. The average Bonchev–Trinajstić information content (AvgIpc) is 1.61. The Balaban J connectivity index is 0.811. The first-order chi connectivity index (χ1) is 40.2. The first-order valence-electron chi connectivity index (χ1n) is 30.7. The smallest absolute Gasteiger partial charge is 0.187 e. The quantitative estimate of drug-likeness (QED) is 0.0592. The Labute approximate surface area is 494 Å². The molecule has 0 radical (unpaired) electrons. The monoisotopic (exact) mass is 1220 g/mol. The first kappa shape index (κ1) is 66.6. The highest BCUT2D eigenvalue weighted by Gasteiger charge is 2.69. The predicted octanol–water partition coefficient (Wildman–Crippen LogP) is -3.50.